The Balaban J connectivity index is 2.30. The molecule has 6 nitrogen and oxygen atoms in total. The molecule has 0 saturated carbocycles. The lowest BCUT2D eigenvalue weighted by molar-refractivity contribution is 0.211. The molecular weight excluding hydrogens is 390 g/mol. The molecule has 0 radical (unpaired) electrons. The second kappa shape index (κ2) is 10.4. The highest BCUT2D eigenvalue weighted by atomic mass is 32.2. The van der Waals surface area contributed by atoms with Crippen LogP contribution in [0.5, 0.6) is 11.5 Å². The second-order valence-corrected chi connectivity index (χ2v) is 9.21. The van der Waals surface area contributed by atoms with Crippen LogP contribution in [0.2, 0.25) is 0 Å². The maximum atomic E-state index is 13.3. The fraction of sp³-hybridized carbons (Fsp3) is 0.364. The fourth-order valence-electron chi connectivity index (χ4n) is 2.92. The summed E-state index contributed by atoms with van der Waals surface area (Å²) in [5, 5.41) is 9.08. The molecule has 2 aromatic carbocycles. The number of nitrogens with zero attached hydrogens (tertiary/aromatic N) is 1. The molecule has 0 heterocycles. The first kappa shape index (κ1) is 22.9. The Morgan fingerprint density at radius 1 is 0.966 bits per heavy atom. The average molecular weight is 420 g/mol. The van der Waals surface area contributed by atoms with E-state index in [1.807, 2.05) is 24.3 Å². The maximum Gasteiger partial charge on any atom is 0.217 e. The van der Waals surface area contributed by atoms with Crippen molar-refractivity contribution in [2.24, 2.45) is 0 Å². The number of rotatable bonds is 11. The van der Waals surface area contributed by atoms with Crippen molar-refractivity contribution in [1.29, 1.82) is 0 Å². The number of sulfonamides is 1. The van der Waals surface area contributed by atoms with Crippen LogP contribution in [-0.4, -0.2) is 43.4 Å². The molecule has 1 N–H and O–H groups in total. The van der Waals surface area contributed by atoms with Gasteiger partial charge < -0.3 is 14.6 Å². The van der Waals surface area contributed by atoms with E-state index < -0.39 is 21.4 Å². The SMILES string of the molecule is C=C[C@H](O)C[C@@H](C)S(=O)(=O)N(Cc1ccc(OC)cc1)Cc1ccc(OC)cc1. The molecule has 2 rings (SSSR count). The van der Waals surface area contributed by atoms with E-state index in [9.17, 15) is 13.5 Å². The van der Waals surface area contributed by atoms with Crippen molar-refractivity contribution in [2.45, 2.75) is 37.8 Å². The van der Waals surface area contributed by atoms with Gasteiger partial charge in [-0.2, -0.15) is 4.31 Å². The Kier molecular flexibility index (Phi) is 8.25. The summed E-state index contributed by atoms with van der Waals surface area (Å²) in [6.45, 7) is 5.57. The monoisotopic (exact) mass is 419 g/mol. The molecular formula is C22H29NO5S. The Morgan fingerprint density at radius 3 is 1.72 bits per heavy atom. The number of aliphatic hydroxyl groups is 1. The third kappa shape index (κ3) is 6.32. The molecule has 0 saturated heterocycles. The summed E-state index contributed by atoms with van der Waals surface area (Å²) < 4.78 is 38.3. The largest absolute Gasteiger partial charge is 0.497 e. The lowest BCUT2D eigenvalue weighted by atomic mass is 10.2. The number of hydrogen-bond donors (Lipinski definition) is 1. The highest BCUT2D eigenvalue weighted by Gasteiger charge is 2.30. The molecule has 2 aromatic rings. The molecule has 29 heavy (non-hydrogen) atoms. The Hall–Kier alpha value is -2.35. The van der Waals surface area contributed by atoms with Gasteiger partial charge in [0.15, 0.2) is 0 Å². The minimum absolute atomic E-state index is 0.0908. The Labute approximate surface area is 173 Å². The van der Waals surface area contributed by atoms with Crippen molar-refractivity contribution in [2.75, 3.05) is 14.2 Å². The Bertz CT molecular complexity index is 829. The van der Waals surface area contributed by atoms with Crippen LogP contribution in [0, 0.1) is 0 Å². The summed E-state index contributed by atoms with van der Waals surface area (Å²) in [6, 6.07) is 14.6. The van der Waals surface area contributed by atoms with E-state index >= 15 is 0 Å². The molecule has 0 aliphatic carbocycles. The molecule has 0 bridgehead atoms. The van der Waals surface area contributed by atoms with Crippen molar-refractivity contribution < 1.29 is 23.0 Å². The first-order valence-electron chi connectivity index (χ1n) is 9.35. The second-order valence-electron chi connectivity index (χ2n) is 6.86. The molecule has 0 aliphatic rings. The molecule has 158 valence electrons. The van der Waals surface area contributed by atoms with Crippen LogP contribution in [0.1, 0.15) is 24.5 Å². The van der Waals surface area contributed by atoms with Gasteiger partial charge in [0.05, 0.1) is 25.6 Å². The predicted molar refractivity (Wildman–Crippen MR) is 114 cm³/mol. The van der Waals surface area contributed by atoms with Gasteiger partial charge in [-0.25, -0.2) is 8.42 Å². The van der Waals surface area contributed by atoms with Crippen LogP contribution in [0.4, 0.5) is 0 Å². The van der Waals surface area contributed by atoms with Crippen molar-refractivity contribution in [1.82, 2.24) is 4.31 Å². The molecule has 0 spiro atoms. The van der Waals surface area contributed by atoms with Gasteiger partial charge in [0, 0.05) is 13.1 Å². The highest BCUT2D eigenvalue weighted by Crippen LogP contribution is 2.22. The third-order valence-electron chi connectivity index (χ3n) is 4.75. The van der Waals surface area contributed by atoms with Crippen molar-refractivity contribution in [3.63, 3.8) is 0 Å². The number of aliphatic hydroxyl groups excluding tert-OH is 1. The van der Waals surface area contributed by atoms with Crippen LogP contribution in [0.15, 0.2) is 61.2 Å². The van der Waals surface area contributed by atoms with Gasteiger partial charge in [0.2, 0.25) is 10.0 Å². The molecule has 0 amide bonds. The lowest BCUT2D eigenvalue weighted by Gasteiger charge is -2.27. The minimum atomic E-state index is -3.67. The highest BCUT2D eigenvalue weighted by molar-refractivity contribution is 7.89. The number of hydrogen-bond acceptors (Lipinski definition) is 5. The summed E-state index contributed by atoms with van der Waals surface area (Å²) in [7, 11) is -0.500. The van der Waals surface area contributed by atoms with E-state index in [1.165, 1.54) is 10.4 Å². The first-order valence-corrected chi connectivity index (χ1v) is 10.9. The van der Waals surface area contributed by atoms with E-state index in [4.69, 9.17) is 9.47 Å². The van der Waals surface area contributed by atoms with Crippen LogP contribution in [0.3, 0.4) is 0 Å². The van der Waals surface area contributed by atoms with Gasteiger partial charge in [0.25, 0.3) is 0 Å². The van der Waals surface area contributed by atoms with Gasteiger partial charge >= 0.3 is 0 Å². The van der Waals surface area contributed by atoms with Crippen LogP contribution in [0.25, 0.3) is 0 Å². The van der Waals surface area contributed by atoms with E-state index in [1.54, 1.807) is 45.4 Å². The smallest absolute Gasteiger partial charge is 0.217 e. The third-order valence-corrected chi connectivity index (χ3v) is 6.94. The average Bonchev–Trinajstić information content (AvgIpc) is 2.74. The summed E-state index contributed by atoms with van der Waals surface area (Å²) in [5.41, 5.74) is 1.69. The number of methoxy groups -OCH3 is 2. The summed E-state index contributed by atoms with van der Waals surface area (Å²) >= 11 is 0. The topological polar surface area (TPSA) is 76.1 Å². The lowest BCUT2D eigenvalue weighted by Crippen LogP contribution is -2.38. The minimum Gasteiger partial charge on any atom is -0.497 e. The quantitative estimate of drug-likeness (QED) is 0.565. The van der Waals surface area contributed by atoms with Crippen LogP contribution >= 0.6 is 0 Å². The molecule has 7 heteroatoms. The van der Waals surface area contributed by atoms with Gasteiger partial charge in [-0.1, -0.05) is 30.3 Å². The van der Waals surface area contributed by atoms with Gasteiger partial charge in [-0.05, 0) is 48.7 Å². The van der Waals surface area contributed by atoms with Crippen molar-refractivity contribution >= 4 is 10.0 Å². The molecule has 2 atom stereocenters. The van der Waals surface area contributed by atoms with Crippen LogP contribution < -0.4 is 9.47 Å². The summed E-state index contributed by atoms with van der Waals surface area (Å²) in [5.74, 6) is 1.42. The number of benzene rings is 2. The maximum absolute atomic E-state index is 13.3. The molecule has 0 aliphatic heterocycles. The molecule has 0 fully saturated rings. The zero-order valence-electron chi connectivity index (χ0n) is 17.1. The zero-order chi connectivity index (χ0) is 21.4. The van der Waals surface area contributed by atoms with Crippen molar-refractivity contribution in [3.8, 4) is 11.5 Å². The first-order chi connectivity index (χ1) is 13.8. The van der Waals surface area contributed by atoms with E-state index in [2.05, 4.69) is 6.58 Å². The fourth-order valence-corrected chi connectivity index (χ4v) is 4.52. The van der Waals surface area contributed by atoms with Gasteiger partial charge in [0.1, 0.15) is 11.5 Å². The zero-order valence-corrected chi connectivity index (χ0v) is 17.9. The van der Waals surface area contributed by atoms with Crippen LogP contribution in [-0.2, 0) is 23.1 Å². The molecule has 0 aromatic heterocycles. The van der Waals surface area contributed by atoms with E-state index in [-0.39, 0.29) is 19.5 Å². The van der Waals surface area contributed by atoms with E-state index in [0.717, 1.165) is 11.1 Å². The van der Waals surface area contributed by atoms with Gasteiger partial charge in [-0.15, -0.1) is 6.58 Å². The van der Waals surface area contributed by atoms with Crippen molar-refractivity contribution in [3.05, 3.63) is 72.3 Å². The normalized spacial score (nSPS) is 13.7. The van der Waals surface area contributed by atoms with Gasteiger partial charge in [-0.3, -0.25) is 0 Å². The number of ether oxygens (including phenoxy) is 2. The standard InChI is InChI=1S/C22H29NO5S/c1-5-20(24)14-17(2)29(25,26)23(15-18-6-10-21(27-3)11-7-18)16-19-8-12-22(28-4)13-9-19/h5-13,17,20,24H,1,14-16H2,2-4H3/t17-,20+/m1/s1. The summed E-state index contributed by atoms with van der Waals surface area (Å²) in [4.78, 5) is 0. The Morgan fingerprint density at radius 2 is 1.38 bits per heavy atom. The molecule has 0 unspecified atom stereocenters. The van der Waals surface area contributed by atoms with E-state index in [0.29, 0.717) is 11.5 Å². The summed E-state index contributed by atoms with van der Waals surface area (Å²) in [6.07, 6.45) is 0.570. The predicted octanol–water partition coefficient (Wildman–Crippen LogP) is 3.36.